The Bertz CT molecular complexity index is 1580. The largest absolute Gasteiger partial charge is 0.476 e. The molecule has 248 valence electrons. The molecule has 2 aromatic heterocycles. The van der Waals surface area contributed by atoms with Crippen LogP contribution in [-0.4, -0.2) is 91.9 Å². The summed E-state index contributed by atoms with van der Waals surface area (Å²) in [5.41, 5.74) is 3.81. The first-order valence-corrected chi connectivity index (χ1v) is 17.2. The quantitative estimate of drug-likeness (QED) is 0.350. The van der Waals surface area contributed by atoms with Gasteiger partial charge in [-0.2, -0.15) is 0 Å². The zero-order valence-electron chi connectivity index (χ0n) is 26.7. The third kappa shape index (κ3) is 7.71. The summed E-state index contributed by atoms with van der Waals surface area (Å²) in [7, 11) is 0. The van der Waals surface area contributed by atoms with Crippen molar-refractivity contribution in [2.75, 3.05) is 64.1 Å². The second-order valence-electron chi connectivity index (χ2n) is 13.4. The molecule has 5 aliphatic rings. The van der Waals surface area contributed by atoms with Crippen molar-refractivity contribution in [2.24, 2.45) is 11.3 Å². The van der Waals surface area contributed by atoms with E-state index < -0.39 is 0 Å². The summed E-state index contributed by atoms with van der Waals surface area (Å²) in [4.78, 5) is 38.3. The molecule has 10 nitrogen and oxygen atoms in total. The molecule has 5 fully saturated rings. The summed E-state index contributed by atoms with van der Waals surface area (Å²) in [6.07, 6.45) is 6.83. The van der Waals surface area contributed by atoms with Crippen LogP contribution < -0.4 is 15.0 Å². The first-order valence-electron chi connectivity index (χ1n) is 16.8. The number of likely N-dealkylation sites (tertiary alicyclic amines) is 1. The number of nitrogens with one attached hydrogen (secondary N) is 1. The number of anilines is 1. The Balaban J connectivity index is 0.000000151. The fourth-order valence-corrected chi connectivity index (χ4v) is 6.65. The van der Waals surface area contributed by atoms with E-state index in [0.717, 1.165) is 82.4 Å². The van der Waals surface area contributed by atoms with E-state index in [1.54, 1.807) is 6.07 Å². The SMILES string of the molecule is O=C(NC1CCCOC1)c1cccc(-c2cccc(Cl)c2)n1.O=C(c1ccc(N2CCCC2)c(OCC2CC2)n1)N1CC2(COC2)C1. The topological polar surface area (TPSA) is 106 Å². The summed E-state index contributed by atoms with van der Waals surface area (Å²) < 4.78 is 16.7. The van der Waals surface area contributed by atoms with Gasteiger partial charge in [0.05, 0.1) is 49.3 Å². The van der Waals surface area contributed by atoms with Crippen LogP contribution >= 0.6 is 11.6 Å². The third-order valence-corrected chi connectivity index (χ3v) is 9.65. The van der Waals surface area contributed by atoms with Crippen LogP contribution in [0.3, 0.4) is 0 Å². The Labute approximate surface area is 280 Å². The molecular formula is C36H42ClN5O5. The van der Waals surface area contributed by atoms with Gasteiger partial charge in [-0.05, 0) is 80.8 Å². The van der Waals surface area contributed by atoms with Gasteiger partial charge in [-0.25, -0.2) is 9.97 Å². The molecule has 47 heavy (non-hydrogen) atoms. The van der Waals surface area contributed by atoms with Crippen LogP contribution in [0.1, 0.15) is 59.5 Å². The number of amides is 2. The average Bonchev–Trinajstić information content (AvgIpc) is 3.73. The molecule has 1 atom stereocenters. The van der Waals surface area contributed by atoms with Crippen molar-refractivity contribution in [2.45, 2.75) is 44.6 Å². The van der Waals surface area contributed by atoms with Crippen molar-refractivity contribution in [3.63, 3.8) is 0 Å². The molecule has 1 N–H and O–H groups in total. The van der Waals surface area contributed by atoms with Crippen molar-refractivity contribution in [3.8, 4) is 17.1 Å². The lowest BCUT2D eigenvalue weighted by Gasteiger charge is -2.54. The van der Waals surface area contributed by atoms with Crippen LogP contribution in [-0.2, 0) is 9.47 Å². The smallest absolute Gasteiger partial charge is 0.272 e. The van der Waals surface area contributed by atoms with Gasteiger partial charge >= 0.3 is 0 Å². The van der Waals surface area contributed by atoms with Crippen LogP contribution in [0.15, 0.2) is 54.6 Å². The monoisotopic (exact) mass is 659 g/mol. The number of ether oxygens (including phenoxy) is 3. The standard InChI is InChI=1S/C19H25N3O3.C17H17ClN2O2/c23-18(22-10-19(11-22)12-24-13-19)15-5-6-16(21-7-1-2-8-21)17(20-15)25-9-14-3-4-14;18-13-5-1-4-12(10-13)15-7-2-8-16(20-15)17(21)19-14-6-3-9-22-11-14/h5-6,14H,1-4,7-13H2;1-2,4-5,7-8,10,14H,3,6,9,11H2,(H,19,21). The second-order valence-corrected chi connectivity index (χ2v) is 13.9. The molecule has 0 radical (unpaired) electrons. The molecule has 11 heteroatoms. The summed E-state index contributed by atoms with van der Waals surface area (Å²) in [5, 5.41) is 3.62. The van der Waals surface area contributed by atoms with E-state index in [-0.39, 0.29) is 23.3 Å². The molecule has 1 spiro atoms. The van der Waals surface area contributed by atoms with E-state index in [4.69, 9.17) is 25.8 Å². The number of carbonyl (C=O) groups is 2. The van der Waals surface area contributed by atoms with Crippen molar-refractivity contribution in [3.05, 3.63) is 71.0 Å². The number of halogens is 1. The third-order valence-electron chi connectivity index (χ3n) is 9.41. The lowest BCUT2D eigenvalue weighted by molar-refractivity contribution is -0.176. The Kier molecular flexibility index (Phi) is 9.60. The number of hydrogen-bond acceptors (Lipinski definition) is 8. The fourth-order valence-electron chi connectivity index (χ4n) is 6.46. The summed E-state index contributed by atoms with van der Waals surface area (Å²) in [6.45, 7) is 7.30. The minimum atomic E-state index is -0.167. The lowest BCUT2D eigenvalue weighted by atomic mass is 9.78. The number of carbonyl (C=O) groups excluding carboxylic acids is 2. The molecule has 4 aliphatic heterocycles. The lowest BCUT2D eigenvalue weighted by Crippen LogP contribution is -2.67. The van der Waals surface area contributed by atoms with Gasteiger partial charge < -0.3 is 29.3 Å². The first kappa shape index (κ1) is 31.8. The first-order chi connectivity index (χ1) is 22.9. The summed E-state index contributed by atoms with van der Waals surface area (Å²) in [6, 6.07) is 16.8. The van der Waals surface area contributed by atoms with E-state index in [1.165, 1.54) is 25.7 Å². The average molecular weight is 660 g/mol. The maximum Gasteiger partial charge on any atom is 0.272 e. The second kappa shape index (κ2) is 14.2. The molecule has 1 aliphatic carbocycles. The highest BCUT2D eigenvalue weighted by atomic mass is 35.5. The molecule has 6 heterocycles. The molecule has 0 bridgehead atoms. The van der Waals surface area contributed by atoms with Gasteiger partial charge in [0.25, 0.3) is 11.8 Å². The predicted octanol–water partition coefficient (Wildman–Crippen LogP) is 5.25. The maximum absolute atomic E-state index is 12.7. The van der Waals surface area contributed by atoms with Crippen molar-refractivity contribution >= 4 is 29.1 Å². The Morgan fingerprint density at radius 3 is 2.45 bits per heavy atom. The number of aromatic nitrogens is 2. The maximum atomic E-state index is 12.7. The summed E-state index contributed by atoms with van der Waals surface area (Å²) in [5.74, 6) is 1.16. The van der Waals surface area contributed by atoms with Crippen molar-refractivity contribution in [1.82, 2.24) is 20.2 Å². The molecule has 1 saturated carbocycles. The highest BCUT2D eigenvalue weighted by Gasteiger charge is 2.51. The fraction of sp³-hybridized carbons (Fsp3) is 0.500. The van der Waals surface area contributed by atoms with Gasteiger partial charge in [0.1, 0.15) is 11.4 Å². The number of pyridine rings is 2. The van der Waals surface area contributed by atoms with Crippen LogP contribution in [0.2, 0.25) is 5.02 Å². The molecule has 4 saturated heterocycles. The Hall–Kier alpha value is -3.73. The van der Waals surface area contributed by atoms with Gasteiger partial charge in [-0.1, -0.05) is 29.8 Å². The number of rotatable bonds is 8. The molecular weight excluding hydrogens is 618 g/mol. The van der Waals surface area contributed by atoms with Crippen molar-refractivity contribution < 1.29 is 23.8 Å². The van der Waals surface area contributed by atoms with E-state index >= 15 is 0 Å². The highest BCUT2D eigenvalue weighted by molar-refractivity contribution is 6.30. The highest BCUT2D eigenvalue weighted by Crippen LogP contribution is 2.39. The predicted molar refractivity (Wildman–Crippen MR) is 179 cm³/mol. The van der Waals surface area contributed by atoms with Gasteiger partial charge in [0, 0.05) is 43.4 Å². The van der Waals surface area contributed by atoms with Gasteiger partial charge in [-0.15, -0.1) is 0 Å². The molecule has 1 aromatic carbocycles. The van der Waals surface area contributed by atoms with E-state index in [1.807, 2.05) is 53.4 Å². The van der Waals surface area contributed by atoms with Crippen LogP contribution in [0.4, 0.5) is 5.69 Å². The molecule has 3 aromatic rings. The number of benzene rings is 1. The summed E-state index contributed by atoms with van der Waals surface area (Å²) >= 11 is 6.00. The minimum Gasteiger partial charge on any atom is -0.476 e. The van der Waals surface area contributed by atoms with Gasteiger partial charge in [0.2, 0.25) is 5.88 Å². The van der Waals surface area contributed by atoms with E-state index in [9.17, 15) is 9.59 Å². The van der Waals surface area contributed by atoms with Gasteiger partial charge in [0.15, 0.2) is 0 Å². The van der Waals surface area contributed by atoms with Gasteiger partial charge in [-0.3, -0.25) is 9.59 Å². The number of nitrogens with zero attached hydrogens (tertiary/aromatic N) is 4. The minimum absolute atomic E-state index is 0.0155. The molecule has 1 unspecified atom stereocenters. The zero-order valence-corrected chi connectivity index (χ0v) is 27.4. The Morgan fingerprint density at radius 1 is 0.936 bits per heavy atom. The van der Waals surface area contributed by atoms with E-state index in [0.29, 0.717) is 34.8 Å². The van der Waals surface area contributed by atoms with Crippen LogP contribution in [0.25, 0.3) is 11.3 Å². The van der Waals surface area contributed by atoms with Crippen LogP contribution in [0.5, 0.6) is 5.88 Å². The van der Waals surface area contributed by atoms with Crippen LogP contribution in [0, 0.1) is 11.3 Å². The van der Waals surface area contributed by atoms with Crippen molar-refractivity contribution in [1.29, 1.82) is 0 Å². The normalized spacial score (nSPS) is 21.3. The molecule has 2 amide bonds. The number of hydrogen-bond donors (Lipinski definition) is 1. The molecule has 8 rings (SSSR count). The Morgan fingerprint density at radius 2 is 1.74 bits per heavy atom. The zero-order chi connectivity index (χ0) is 32.2. The van der Waals surface area contributed by atoms with E-state index in [2.05, 4.69) is 20.2 Å².